The van der Waals surface area contributed by atoms with Gasteiger partial charge in [-0.3, -0.25) is 0 Å². The van der Waals surface area contributed by atoms with E-state index >= 15 is 0 Å². The van der Waals surface area contributed by atoms with Gasteiger partial charge in [-0.15, -0.1) is 0 Å². The van der Waals surface area contributed by atoms with E-state index in [1.54, 1.807) is 0 Å². The van der Waals surface area contributed by atoms with Crippen molar-refractivity contribution in [3.63, 3.8) is 0 Å². The Hall–Kier alpha value is -0.550. The average Bonchev–Trinajstić information content (AvgIpc) is 2.13. The van der Waals surface area contributed by atoms with Gasteiger partial charge in [-0.05, 0) is 36.9 Å². The predicted octanol–water partition coefficient (Wildman–Crippen LogP) is -3.17. The van der Waals surface area contributed by atoms with Crippen molar-refractivity contribution in [1.29, 1.82) is 0 Å². The molecule has 0 saturated heterocycles. The van der Waals surface area contributed by atoms with Gasteiger partial charge in [0.2, 0.25) is 0 Å². The van der Waals surface area contributed by atoms with Crippen molar-refractivity contribution in [3.05, 3.63) is 29.8 Å². The molecule has 16 heavy (non-hydrogen) atoms. The zero-order valence-electron chi connectivity index (χ0n) is 11.9. The maximum atomic E-state index is 10.4. The summed E-state index contributed by atoms with van der Waals surface area (Å²) < 4.78 is 22.4. The van der Waals surface area contributed by atoms with Gasteiger partial charge in [0.15, 0.2) is 0 Å². The van der Waals surface area contributed by atoms with Gasteiger partial charge in [0.05, 0.1) is 7.45 Å². The molecule has 0 aliphatic heterocycles. The molecule has 82 valence electrons. The molecule has 5 heteroatoms. The second-order valence-electron chi connectivity index (χ2n) is 3.02. The van der Waals surface area contributed by atoms with Crippen LogP contribution in [0, 0.1) is 0 Å². The number of hydrogen-bond acceptors (Lipinski definition) is 4. The van der Waals surface area contributed by atoms with E-state index in [9.17, 15) is 20.1 Å². The summed E-state index contributed by atoms with van der Waals surface area (Å²) in [6.07, 6.45) is -6.80. The minimum absolute atomic E-state index is 0. The van der Waals surface area contributed by atoms with Crippen LogP contribution < -0.4 is 34.7 Å². The third kappa shape index (κ3) is 6.12. The molecule has 0 amide bonds. The molecular formula is C11H13NaO4. The zero-order chi connectivity index (χ0) is 14.0. The Kier molecular flexibility index (Phi) is 5.08. The van der Waals surface area contributed by atoms with Gasteiger partial charge in [-0.1, -0.05) is 12.1 Å². The second kappa shape index (κ2) is 7.68. The van der Waals surface area contributed by atoms with Crippen molar-refractivity contribution in [1.82, 2.24) is 0 Å². The smallest absolute Gasteiger partial charge is 0.550 e. The molecule has 1 rings (SSSR count). The molecule has 0 radical (unpaired) electrons. The molecule has 0 bridgehead atoms. The summed E-state index contributed by atoms with van der Waals surface area (Å²) in [4.78, 5) is 10.4. The minimum atomic E-state index is -2.66. The summed E-state index contributed by atoms with van der Waals surface area (Å²) in [5.74, 6) is -1.76. The van der Waals surface area contributed by atoms with Crippen molar-refractivity contribution in [2.75, 3.05) is 0 Å². The number of aliphatic carboxylic acids is 1. The van der Waals surface area contributed by atoms with Crippen molar-refractivity contribution in [2.45, 2.75) is 25.3 Å². The third-order valence-corrected chi connectivity index (χ3v) is 1.72. The summed E-state index contributed by atoms with van der Waals surface area (Å²) >= 11 is 0. The number of aromatic hydroxyl groups is 1. The molecule has 0 fully saturated rings. The largest absolute Gasteiger partial charge is 1.00 e. The molecule has 0 saturated carbocycles. The Morgan fingerprint density at radius 2 is 2.31 bits per heavy atom. The van der Waals surface area contributed by atoms with Gasteiger partial charge in [0.1, 0.15) is 5.75 Å². The van der Waals surface area contributed by atoms with Gasteiger partial charge in [-0.2, -0.15) is 0 Å². The number of carbonyl (C=O) groups excluding carboxylic acids is 1. The van der Waals surface area contributed by atoms with Gasteiger partial charge < -0.3 is 20.1 Å². The number of hydrogen-bond donors (Lipinski definition) is 2. The molecule has 0 aromatic heterocycles. The maximum Gasteiger partial charge on any atom is 1.00 e. The average molecular weight is 235 g/mol. The summed E-state index contributed by atoms with van der Waals surface area (Å²) in [6, 6.07) is 5.64. The number of phenols is 1. The summed E-state index contributed by atoms with van der Waals surface area (Å²) in [5, 5.41) is 29.4. The molecule has 0 heterocycles. The molecule has 1 atom stereocenters. The fraction of sp³-hybridized carbons (Fsp3) is 0.364. The van der Waals surface area contributed by atoms with Crippen molar-refractivity contribution in [3.8, 4) is 5.75 Å². The number of carboxylic acid groups (broad SMARTS) is 1. The van der Waals surface area contributed by atoms with Crippen molar-refractivity contribution < 1.29 is 53.8 Å². The fourth-order valence-electron chi connectivity index (χ4n) is 1.10. The van der Waals surface area contributed by atoms with Crippen LogP contribution in [0.3, 0.4) is 0 Å². The minimum Gasteiger partial charge on any atom is -0.550 e. The number of rotatable bonds is 5. The first-order chi connectivity index (χ1) is 8.14. The first kappa shape index (κ1) is 10.6. The quantitative estimate of drug-likeness (QED) is 0.528. The molecular weight excluding hydrogens is 219 g/mol. The van der Waals surface area contributed by atoms with E-state index in [-0.39, 0.29) is 35.3 Å². The van der Waals surface area contributed by atoms with E-state index < -0.39 is 31.3 Å². The molecule has 2 N–H and O–H groups in total. The van der Waals surface area contributed by atoms with Gasteiger partial charge in [0, 0.05) is 8.71 Å². The monoisotopic (exact) mass is 235 g/mol. The summed E-state index contributed by atoms with van der Waals surface area (Å²) in [6.45, 7) is 0. The van der Waals surface area contributed by atoms with E-state index in [0.717, 1.165) is 0 Å². The number of phenolic OH excluding ortho intramolecular Hbond substituents is 1. The molecule has 0 spiro atoms. The first-order valence-corrected chi connectivity index (χ1v) is 4.34. The molecule has 4 nitrogen and oxygen atoms in total. The van der Waals surface area contributed by atoms with Crippen LogP contribution in [-0.4, -0.2) is 22.3 Å². The fourth-order valence-corrected chi connectivity index (χ4v) is 1.10. The van der Waals surface area contributed by atoms with Crippen molar-refractivity contribution in [2.24, 2.45) is 0 Å². The topological polar surface area (TPSA) is 80.6 Å². The van der Waals surface area contributed by atoms with Crippen LogP contribution in [0.15, 0.2) is 24.3 Å². The molecule has 0 aliphatic carbocycles. The maximum absolute atomic E-state index is 10.4. The van der Waals surface area contributed by atoms with Crippen LogP contribution in [0.1, 0.15) is 22.5 Å². The van der Waals surface area contributed by atoms with Gasteiger partial charge in [-0.25, -0.2) is 0 Å². The summed E-state index contributed by atoms with van der Waals surface area (Å²) in [5.41, 5.74) is 0.328. The van der Waals surface area contributed by atoms with Crippen LogP contribution in [-0.2, 0) is 11.2 Å². The molecule has 0 aliphatic rings. The van der Waals surface area contributed by atoms with Crippen LogP contribution in [0.5, 0.6) is 5.75 Å². The number of aliphatic hydroxyl groups is 1. The number of benzene rings is 1. The SMILES string of the molecule is [2H]C([2H])(CC(=O)[O-])C([2H])(O)Cc1cccc(O)c1.[Na+]. The molecule has 1 aromatic rings. The standard InChI is InChI=1S/C11H14O4.Na/c12-9-3-1-2-8(6-9)7-10(13)4-5-11(14)15;/h1-3,6,10,12-13H,4-5,7H2,(H,14,15);/q;+1/p-1/i4D2,10D;. The van der Waals surface area contributed by atoms with Gasteiger partial charge in [0.25, 0.3) is 0 Å². The van der Waals surface area contributed by atoms with Crippen molar-refractivity contribution >= 4 is 5.97 Å². The Balaban J connectivity index is 0.00000324. The number of carbonyl (C=O) groups is 1. The van der Waals surface area contributed by atoms with E-state index in [2.05, 4.69) is 0 Å². The molecule has 1 aromatic carbocycles. The normalized spacial score (nSPS) is 17.2. The van der Waals surface area contributed by atoms with Crippen LogP contribution in [0.2, 0.25) is 0 Å². The van der Waals surface area contributed by atoms with E-state index in [0.29, 0.717) is 5.56 Å². The Labute approximate surface area is 120 Å². The number of carboxylic acids is 1. The van der Waals surface area contributed by atoms with Crippen LogP contribution in [0.4, 0.5) is 0 Å². The summed E-state index contributed by atoms with van der Waals surface area (Å²) in [7, 11) is 0. The van der Waals surface area contributed by atoms with Gasteiger partial charge >= 0.3 is 29.6 Å². The zero-order valence-corrected chi connectivity index (χ0v) is 10.9. The Bertz CT molecular complexity index is 451. The van der Waals surface area contributed by atoms with Crippen LogP contribution in [0.25, 0.3) is 0 Å². The van der Waals surface area contributed by atoms with Crippen LogP contribution >= 0.6 is 0 Å². The van der Waals surface area contributed by atoms with E-state index in [1.807, 2.05) is 0 Å². The second-order valence-corrected chi connectivity index (χ2v) is 3.02. The molecule has 1 unspecified atom stereocenters. The Morgan fingerprint density at radius 3 is 2.88 bits per heavy atom. The third-order valence-electron chi connectivity index (χ3n) is 1.72. The van der Waals surface area contributed by atoms with E-state index in [1.165, 1.54) is 24.3 Å². The van der Waals surface area contributed by atoms with E-state index in [4.69, 9.17) is 4.11 Å². The Morgan fingerprint density at radius 1 is 1.62 bits per heavy atom. The predicted molar refractivity (Wildman–Crippen MR) is 52.1 cm³/mol. The first-order valence-electron chi connectivity index (χ1n) is 5.84.